The molecule has 1 aliphatic heterocycles. The van der Waals surface area contributed by atoms with Crippen LogP contribution in [0.15, 0.2) is 48.5 Å². The molecule has 0 spiro atoms. The third-order valence-electron chi connectivity index (χ3n) is 5.38. The van der Waals surface area contributed by atoms with Gasteiger partial charge in [0.25, 0.3) is 0 Å². The van der Waals surface area contributed by atoms with Crippen molar-refractivity contribution in [2.75, 3.05) is 52.5 Å². The van der Waals surface area contributed by atoms with E-state index in [-0.39, 0.29) is 0 Å². The highest BCUT2D eigenvalue weighted by Crippen LogP contribution is 2.22. The lowest BCUT2D eigenvalue weighted by molar-refractivity contribution is -0.000523. The lowest BCUT2D eigenvalue weighted by Gasteiger charge is -2.35. The highest BCUT2D eigenvalue weighted by atomic mass is 16.5. The highest BCUT2D eigenvalue weighted by Gasteiger charge is 2.19. The molecule has 0 unspecified atom stereocenters. The molecule has 1 fully saturated rings. The number of ether oxygens (including phenoxy) is 2. The van der Waals surface area contributed by atoms with Crippen molar-refractivity contribution in [3.05, 3.63) is 65.2 Å². The van der Waals surface area contributed by atoms with E-state index in [0.717, 1.165) is 49.6 Å². The number of aliphatic hydroxyl groups excluding tert-OH is 1. The average Bonchev–Trinajstić information content (AvgIpc) is 2.72. The number of benzene rings is 2. The van der Waals surface area contributed by atoms with E-state index < -0.39 is 6.10 Å². The van der Waals surface area contributed by atoms with Crippen molar-refractivity contribution in [1.82, 2.24) is 9.80 Å². The third-order valence-corrected chi connectivity index (χ3v) is 5.38. The summed E-state index contributed by atoms with van der Waals surface area (Å²) in [4.78, 5) is 4.79. The van der Waals surface area contributed by atoms with Gasteiger partial charge in [0.15, 0.2) is 0 Å². The zero-order valence-electron chi connectivity index (χ0n) is 17.7. The Labute approximate surface area is 174 Å². The Morgan fingerprint density at radius 2 is 1.52 bits per heavy atom. The van der Waals surface area contributed by atoms with Gasteiger partial charge in [-0.15, -0.1) is 0 Å². The number of aliphatic hydroxyl groups is 1. The zero-order valence-corrected chi connectivity index (χ0v) is 17.7. The van der Waals surface area contributed by atoms with Crippen molar-refractivity contribution in [3.8, 4) is 5.75 Å². The van der Waals surface area contributed by atoms with E-state index in [0.29, 0.717) is 26.4 Å². The first-order valence-electron chi connectivity index (χ1n) is 10.6. The number of aryl methyl sites for hydroxylation is 2. The molecule has 29 heavy (non-hydrogen) atoms. The van der Waals surface area contributed by atoms with Gasteiger partial charge in [-0.25, -0.2) is 0 Å². The van der Waals surface area contributed by atoms with Gasteiger partial charge in [0.05, 0.1) is 19.3 Å². The SMILES string of the molecule is Cc1cccc(C)c1OCCOC[C@@H](O)CN1CCN(Cc2ccccc2)CC1. The Hall–Kier alpha value is -1.92. The van der Waals surface area contributed by atoms with Gasteiger partial charge in [0, 0.05) is 39.3 Å². The number of nitrogens with zero attached hydrogens (tertiary/aromatic N) is 2. The van der Waals surface area contributed by atoms with Gasteiger partial charge in [-0.2, -0.15) is 0 Å². The Balaban J connectivity index is 1.27. The molecule has 0 bridgehead atoms. The first-order valence-corrected chi connectivity index (χ1v) is 10.6. The number of hydrogen-bond acceptors (Lipinski definition) is 5. The highest BCUT2D eigenvalue weighted by molar-refractivity contribution is 5.39. The van der Waals surface area contributed by atoms with Crippen molar-refractivity contribution in [3.63, 3.8) is 0 Å². The number of β-amino-alcohol motifs (C(OH)–C–C–N with tert-alkyl or cyclic N) is 1. The minimum atomic E-state index is -0.462. The fourth-order valence-electron chi connectivity index (χ4n) is 3.77. The lowest BCUT2D eigenvalue weighted by atomic mass is 10.1. The summed E-state index contributed by atoms with van der Waals surface area (Å²) < 4.78 is 11.5. The summed E-state index contributed by atoms with van der Waals surface area (Å²) in [6, 6.07) is 16.7. The topological polar surface area (TPSA) is 45.2 Å². The second-order valence-electron chi connectivity index (χ2n) is 7.86. The molecule has 0 aliphatic carbocycles. The Morgan fingerprint density at radius 3 is 2.21 bits per heavy atom. The fourth-order valence-corrected chi connectivity index (χ4v) is 3.77. The fraction of sp³-hybridized carbons (Fsp3) is 0.500. The molecule has 5 nitrogen and oxygen atoms in total. The standard InChI is InChI=1S/C24H34N2O3/c1-20-7-6-8-21(2)24(20)29-16-15-28-19-23(27)18-26-13-11-25(12-14-26)17-22-9-4-3-5-10-22/h3-10,23,27H,11-19H2,1-2H3/t23-/m0/s1. The molecule has 0 aromatic heterocycles. The van der Waals surface area contributed by atoms with Crippen LogP contribution in [-0.4, -0.2) is 73.6 Å². The summed E-state index contributed by atoms with van der Waals surface area (Å²) in [6.07, 6.45) is -0.462. The van der Waals surface area contributed by atoms with Gasteiger partial charge in [-0.3, -0.25) is 9.80 Å². The van der Waals surface area contributed by atoms with Crippen LogP contribution in [0.3, 0.4) is 0 Å². The minimum absolute atomic E-state index is 0.348. The maximum atomic E-state index is 10.3. The molecule has 0 amide bonds. The van der Waals surface area contributed by atoms with E-state index in [2.05, 4.69) is 40.1 Å². The molecular weight excluding hydrogens is 364 g/mol. The van der Waals surface area contributed by atoms with Crippen molar-refractivity contribution in [1.29, 1.82) is 0 Å². The quantitative estimate of drug-likeness (QED) is 0.624. The molecule has 1 saturated heterocycles. The maximum absolute atomic E-state index is 10.3. The van der Waals surface area contributed by atoms with Crippen LogP contribution in [0.1, 0.15) is 16.7 Å². The van der Waals surface area contributed by atoms with E-state index in [1.807, 2.05) is 32.0 Å². The summed E-state index contributed by atoms with van der Waals surface area (Å²) >= 11 is 0. The molecule has 1 atom stereocenters. The van der Waals surface area contributed by atoms with Gasteiger partial charge in [-0.1, -0.05) is 48.5 Å². The van der Waals surface area contributed by atoms with E-state index >= 15 is 0 Å². The molecule has 3 rings (SSSR count). The van der Waals surface area contributed by atoms with Crippen molar-refractivity contribution >= 4 is 0 Å². The second-order valence-corrected chi connectivity index (χ2v) is 7.86. The number of para-hydroxylation sites is 1. The second kappa shape index (κ2) is 11.3. The van der Waals surface area contributed by atoms with Gasteiger partial charge >= 0.3 is 0 Å². The van der Waals surface area contributed by atoms with Crippen LogP contribution in [0.25, 0.3) is 0 Å². The van der Waals surface area contributed by atoms with Crippen LogP contribution in [-0.2, 0) is 11.3 Å². The molecule has 2 aromatic carbocycles. The Morgan fingerprint density at radius 1 is 0.862 bits per heavy atom. The average molecular weight is 399 g/mol. The summed E-state index contributed by atoms with van der Waals surface area (Å²) in [6.45, 7) is 11.1. The van der Waals surface area contributed by atoms with E-state index in [4.69, 9.17) is 9.47 Å². The van der Waals surface area contributed by atoms with Gasteiger partial charge in [0.2, 0.25) is 0 Å². The smallest absolute Gasteiger partial charge is 0.125 e. The third kappa shape index (κ3) is 7.12. The monoisotopic (exact) mass is 398 g/mol. The summed E-state index contributed by atoms with van der Waals surface area (Å²) in [5.74, 6) is 0.935. The van der Waals surface area contributed by atoms with Crippen LogP contribution in [0, 0.1) is 13.8 Å². The predicted octanol–water partition coefficient (Wildman–Crippen LogP) is 2.88. The normalized spacial score (nSPS) is 16.7. The summed E-state index contributed by atoms with van der Waals surface area (Å²) in [5, 5.41) is 10.3. The van der Waals surface area contributed by atoms with Crippen LogP contribution >= 0.6 is 0 Å². The van der Waals surface area contributed by atoms with Crippen molar-refractivity contribution in [2.24, 2.45) is 0 Å². The Kier molecular flexibility index (Phi) is 8.50. The van der Waals surface area contributed by atoms with Gasteiger partial charge in [-0.05, 0) is 30.5 Å². The van der Waals surface area contributed by atoms with Gasteiger partial charge < -0.3 is 14.6 Å². The van der Waals surface area contributed by atoms with Crippen LogP contribution in [0.4, 0.5) is 0 Å². The molecule has 158 valence electrons. The van der Waals surface area contributed by atoms with Crippen molar-refractivity contribution < 1.29 is 14.6 Å². The molecule has 1 N–H and O–H groups in total. The molecule has 2 aromatic rings. The molecule has 0 radical (unpaired) electrons. The largest absolute Gasteiger partial charge is 0.491 e. The lowest BCUT2D eigenvalue weighted by Crippen LogP contribution is -2.48. The molecule has 0 saturated carbocycles. The number of piperazine rings is 1. The minimum Gasteiger partial charge on any atom is -0.491 e. The Bertz CT molecular complexity index is 710. The van der Waals surface area contributed by atoms with E-state index in [1.54, 1.807) is 0 Å². The van der Waals surface area contributed by atoms with E-state index in [9.17, 15) is 5.11 Å². The van der Waals surface area contributed by atoms with Crippen LogP contribution < -0.4 is 4.74 Å². The zero-order chi connectivity index (χ0) is 20.5. The molecule has 1 heterocycles. The maximum Gasteiger partial charge on any atom is 0.125 e. The summed E-state index contributed by atoms with van der Waals surface area (Å²) in [5.41, 5.74) is 3.63. The number of hydrogen-bond donors (Lipinski definition) is 1. The molecule has 5 heteroatoms. The molecular formula is C24H34N2O3. The predicted molar refractivity (Wildman–Crippen MR) is 116 cm³/mol. The first kappa shape index (κ1) is 21.8. The summed E-state index contributed by atoms with van der Waals surface area (Å²) in [7, 11) is 0. The van der Waals surface area contributed by atoms with Crippen LogP contribution in [0.5, 0.6) is 5.75 Å². The van der Waals surface area contributed by atoms with Crippen LogP contribution in [0.2, 0.25) is 0 Å². The van der Waals surface area contributed by atoms with Crippen molar-refractivity contribution in [2.45, 2.75) is 26.5 Å². The number of rotatable bonds is 10. The van der Waals surface area contributed by atoms with Gasteiger partial charge in [0.1, 0.15) is 12.4 Å². The van der Waals surface area contributed by atoms with E-state index in [1.165, 1.54) is 5.56 Å². The molecule has 1 aliphatic rings. The first-order chi connectivity index (χ1) is 14.1.